The molecule has 6 aromatic carbocycles. The lowest BCUT2D eigenvalue weighted by atomic mass is 10.1. The first kappa shape index (κ1) is 27.2. The van der Waals surface area contributed by atoms with Crippen LogP contribution >= 0.6 is 0 Å². The second-order valence-corrected chi connectivity index (χ2v) is 11.7. The number of hydrogen-bond acceptors (Lipinski definition) is 8. The Hall–Kier alpha value is -6.93. The van der Waals surface area contributed by atoms with E-state index in [2.05, 4.69) is 6.07 Å². The first-order valence-electron chi connectivity index (χ1n) is 15.8. The maximum atomic E-state index is 6.21. The number of hydrogen-bond donors (Lipinski definition) is 0. The number of benzene rings is 6. The van der Waals surface area contributed by atoms with Gasteiger partial charge in [0, 0.05) is 38.6 Å². The van der Waals surface area contributed by atoms with Crippen LogP contribution in [0, 0.1) is 0 Å². The van der Waals surface area contributed by atoms with Crippen LogP contribution < -0.4 is 0 Å². The molecule has 0 amide bonds. The molecule has 0 bridgehead atoms. The smallest absolute Gasteiger partial charge is 0.227 e. The van der Waals surface area contributed by atoms with Gasteiger partial charge in [-0.1, -0.05) is 66.7 Å². The number of rotatable bonds is 5. The average Bonchev–Trinajstić information content (AvgIpc) is 3.90. The number of nitrogens with zero attached hydrogens (tertiary/aromatic N) is 5. The number of fused-ring (bicyclic) bond motifs is 5. The maximum Gasteiger partial charge on any atom is 0.227 e. The lowest BCUT2D eigenvalue weighted by Gasteiger charge is -2.09. The molecule has 4 aromatic heterocycles. The molecule has 0 aliphatic heterocycles. The molecule has 0 saturated carbocycles. The summed E-state index contributed by atoms with van der Waals surface area (Å²) in [5, 5.41) is 1.94. The summed E-state index contributed by atoms with van der Waals surface area (Å²) in [5.74, 6) is 2.63. The summed E-state index contributed by atoms with van der Waals surface area (Å²) in [7, 11) is 0. The van der Waals surface area contributed by atoms with Gasteiger partial charge in [-0.25, -0.2) is 24.9 Å². The van der Waals surface area contributed by atoms with Gasteiger partial charge >= 0.3 is 0 Å². The molecular weight excluding hydrogens is 610 g/mol. The normalized spacial score (nSPS) is 11.7. The summed E-state index contributed by atoms with van der Waals surface area (Å²) in [6, 6.07) is 45.3. The van der Waals surface area contributed by atoms with Crippen molar-refractivity contribution >= 4 is 44.1 Å². The molecule has 0 aliphatic rings. The fraction of sp³-hybridized carbons (Fsp3) is 0. The highest BCUT2D eigenvalue weighted by Gasteiger charge is 2.19. The minimum absolute atomic E-state index is 0.501. The summed E-state index contributed by atoms with van der Waals surface area (Å²) >= 11 is 0. The Bertz CT molecular complexity index is 2700. The molecule has 49 heavy (non-hydrogen) atoms. The second-order valence-electron chi connectivity index (χ2n) is 11.7. The molecule has 0 saturated heterocycles. The zero-order valence-corrected chi connectivity index (χ0v) is 25.7. The van der Waals surface area contributed by atoms with Gasteiger partial charge < -0.3 is 13.3 Å². The van der Waals surface area contributed by atoms with E-state index in [1.54, 1.807) is 0 Å². The van der Waals surface area contributed by atoms with Crippen molar-refractivity contribution in [3.63, 3.8) is 0 Å². The van der Waals surface area contributed by atoms with Crippen molar-refractivity contribution in [3.8, 4) is 57.1 Å². The van der Waals surface area contributed by atoms with Crippen LogP contribution in [0.5, 0.6) is 0 Å². The molecule has 0 spiro atoms. The highest BCUT2D eigenvalue weighted by atomic mass is 16.4. The van der Waals surface area contributed by atoms with E-state index < -0.39 is 0 Å². The van der Waals surface area contributed by atoms with E-state index in [-0.39, 0.29) is 0 Å². The third-order valence-electron chi connectivity index (χ3n) is 8.61. The Morgan fingerprint density at radius 1 is 0.347 bits per heavy atom. The number of oxazole rings is 2. The third kappa shape index (κ3) is 4.65. The summed E-state index contributed by atoms with van der Waals surface area (Å²) in [4.78, 5) is 24.7. The molecule has 0 atom stereocenters. The summed E-state index contributed by atoms with van der Waals surface area (Å²) in [6.07, 6.45) is 0. The Kier molecular flexibility index (Phi) is 6.01. The zero-order valence-electron chi connectivity index (χ0n) is 25.7. The van der Waals surface area contributed by atoms with Crippen LogP contribution in [0.4, 0.5) is 0 Å². The van der Waals surface area contributed by atoms with Crippen molar-refractivity contribution in [3.05, 3.63) is 140 Å². The number of aromatic nitrogens is 5. The molecule has 10 aromatic rings. The van der Waals surface area contributed by atoms with Crippen molar-refractivity contribution in [2.75, 3.05) is 0 Å². The van der Waals surface area contributed by atoms with Crippen LogP contribution in [-0.4, -0.2) is 24.9 Å². The van der Waals surface area contributed by atoms with E-state index >= 15 is 0 Å². The monoisotopic (exact) mass is 633 g/mol. The van der Waals surface area contributed by atoms with Gasteiger partial charge in [0.25, 0.3) is 0 Å². The highest BCUT2D eigenvalue weighted by Crippen LogP contribution is 2.37. The predicted octanol–water partition coefficient (Wildman–Crippen LogP) is 10.4. The van der Waals surface area contributed by atoms with Gasteiger partial charge in [0.2, 0.25) is 11.8 Å². The topological polar surface area (TPSA) is 104 Å². The van der Waals surface area contributed by atoms with Gasteiger partial charge in [0.1, 0.15) is 22.2 Å². The van der Waals surface area contributed by atoms with Crippen LogP contribution in [-0.2, 0) is 0 Å². The predicted molar refractivity (Wildman–Crippen MR) is 189 cm³/mol. The van der Waals surface area contributed by atoms with Crippen LogP contribution in [0.25, 0.3) is 101 Å². The van der Waals surface area contributed by atoms with Crippen molar-refractivity contribution in [2.24, 2.45) is 0 Å². The van der Waals surface area contributed by atoms with Gasteiger partial charge in [-0.2, -0.15) is 0 Å². The lowest BCUT2D eigenvalue weighted by molar-refractivity contribution is 0.619. The van der Waals surface area contributed by atoms with Crippen molar-refractivity contribution in [1.82, 2.24) is 24.9 Å². The minimum Gasteiger partial charge on any atom is -0.456 e. The van der Waals surface area contributed by atoms with Crippen LogP contribution in [0.1, 0.15) is 0 Å². The van der Waals surface area contributed by atoms with Gasteiger partial charge in [0.05, 0.1) is 0 Å². The molecule has 0 aliphatic carbocycles. The molecule has 4 heterocycles. The Balaban J connectivity index is 1.16. The van der Waals surface area contributed by atoms with E-state index in [0.29, 0.717) is 51.5 Å². The van der Waals surface area contributed by atoms with Crippen molar-refractivity contribution in [1.29, 1.82) is 0 Å². The summed E-state index contributed by atoms with van der Waals surface area (Å²) in [6.45, 7) is 0. The minimum atomic E-state index is 0.501. The van der Waals surface area contributed by atoms with Gasteiger partial charge in [-0.05, 0) is 72.8 Å². The summed E-state index contributed by atoms with van der Waals surface area (Å²) < 4.78 is 18.4. The fourth-order valence-electron chi connectivity index (χ4n) is 6.26. The molecule has 230 valence electrons. The van der Waals surface area contributed by atoms with E-state index in [1.165, 1.54) is 0 Å². The third-order valence-corrected chi connectivity index (χ3v) is 8.61. The van der Waals surface area contributed by atoms with Crippen LogP contribution in [0.2, 0.25) is 0 Å². The average molecular weight is 634 g/mol. The SMILES string of the molecule is c1ccc(-c2nc3cc(-c4nc(-c5ccc6oc(-c7ccccc7)nc6c5)nc(-c5cccc6oc7ccccc7c56)n4)ccc3o2)cc1. The van der Waals surface area contributed by atoms with Gasteiger partial charge in [0.15, 0.2) is 28.6 Å². The molecule has 0 fully saturated rings. The Morgan fingerprint density at radius 3 is 1.49 bits per heavy atom. The quantitative estimate of drug-likeness (QED) is 0.184. The van der Waals surface area contributed by atoms with Gasteiger partial charge in [-0.3, -0.25) is 0 Å². The molecule has 10 rings (SSSR count). The van der Waals surface area contributed by atoms with Crippen molar-refractivity contribution in [2.45, 2.75) is 0 Å². The summed E-state index contributed by atoms with van der Waals surface area (Å²) in [5.41, 5.74) is 8.55. The highest BCUT2D eigenvalue weighted by molar-refractivity contribution is 6.11. The first-order chi connectivity index (χ1) is 24.2. The molecule has 0 radical (unpaired) electrons. The molecule has 0 N–H and O–H groups in total. The van der Waals surface area contributed by atoms with Crippen LogP contribution in [0.3, 0.4) is 0 Å². The first-order valence-corrected chi connectivity index (χ1v) is 15.8. The lowest BCUT2D eigenvalue weighted by Crippen LogP contribution is -2.00. The van der Waals surface area contributed by atoms with Crippen molar-refractivity contribution < 1.29 is 13.3 Å². The standard InChI is InChI=1S/C41H23N5O3/c1-3-10-24(11-4-1)40-42-30-22-26(18-20-33(30)48-40)37-44-38(27-19-21-34-31(23-27)43-41(49-34)25-12-5-2-6-13-25)46-39(45-37)29-15-9-17-35-36(29)28-14-7-8-16-32(28)47-35/h1-23H. The number of para-hydroxylation sites is 1. The molecule has 0 unspecified atom stereocenters. The van der Waals surface area contributed by atoms with Gasteiger partial charge in [-0.15, -0.1) is 0 Å². The Morgan fingerprint density at radius 2 is 0.878 bits per heavy atom. The van der Waals surface area contributed by atoms with E-state index in [1.807, 2.05) is 133 Å². The molecule has 8 heteroatoms. The van der Waals surface area contributed by atoms with E-state index in [9.17, 15) is 0 Å². The second kappa shape index (κ2) is 10.8. The number of furan rings is 1. The fourth-order valence-corrected chi connectivity index (χ4v) is 6.26. The van der Waals surface area contributed by atoms with Crippen LogP contribution in [0.15, 0.2) is 153 Å². The molecular formula is C41H23N5O3. The maximum absolute atomic E-state index is 6.21. The van der Waals surface area contributed by atoms with E-state index in [0.717, 1.165) is 49.8 Å². The zero-order chi connectivity index (χ0) is 32.3. The van der Waals surface area contributed by atoms with E-state index in [4.69, 9.17) is 38.2 Å². The Labute approximate surface area is 278 Å². The largest absolute Gasteiger partial charge is 0.456 e. The molecule has 8 nitrogen and oxygen atoms in total.